The number of fused-ring (bicyclic) bond motifs is 3. The molecule has 1 amide bonds. The van der Waals surface area contributed by atoms with E-state index in [1.807, 2.05) is 6.07 Å². The number of benzene rings is 2. The third-order valence-corrected chi connectivity index (χ3v) is 8.24. The second-order valence-corrected chi connectivity index (χ2v) is 11.7. The van der Waals surface area contributed by atoms with Crippen molar-refractivity contribution in [3.8, 4) is 6.01 Å². The Balaban J connectivity index is 1.24. The summed E-state index contributed by atoms with van der Waals surface area (Å²) in [6.45, 7) is 7.12. The molecule has 2 N–H and O–H groups in total. The van der Waals surface area contributed by atoms with Gasteiger partial charge in [-0.15, -0.1) is 0 Å². The van der Waals surface area contributed by atoms with E-state index in [1.54, 1.807) is 36.3 Å². The highest BCUT2D eigenvalue weighted by molar-refractivity contribution is 6.14. The van der Waals surface area contributed by atoms with Gasteiger partial charge in [0.2, 0.25) is 0 Å². The number of anilines is 2. The fraction of sp³-hybridized carbons (Fsp3) is 0.448. The van der Waals surface area contributed by atoms with Gasteiger partial charge in [-0.3, -0.25) is 9.48 Å². The third-order valence-electron chi connectivity index (χ3n) is 8.24. The topological polar surface area (TPSA) is 106 Å². The number of rotatable bonds is 6. The Hall–Kier alpha value is -3.83. The Bertz CT molecular complexity index is 1620. The second kappa shape index (κ2) is 9.38. The van der Waals surface area contributed by atoms with E-state index in [0.717, 1.165) is 37.0 Å². The lowest BCUT2D eigenvalue weighted by Gasteiger charge is -2.38. The molecule has 0 unspecified atom stereocenters. The van der Waals surface area contributed by atoms with Crippen LogP contribution in [0.4, 0.5) is 15.8 Å². The van der Waals surface area contributed by atoms with Crippen molar-refractivity contribution in [2.45, 2.75) is 44.9 Å². The summed E-state index contributed by atoms with van der Waals surface area (Å²) in [6, 6.07) is 7.56. The summed E-state index contributed by atoms with van der Waals surface area (Å²) in [5.74, 6) is -0.891. The van der Waals surface area contributed by atoms with Crippen molar-refractivity contribution >= 4 is 39.1 Å². The number of hydrogen-bond acceptors (Lipinski definition) is 8. The molecule has 1 saturated carbocycles. The van der Waals surface area contributed by atoms with Gasteiger partial charge in [0.15, 0.2) is 5.82 Å². The summed E-state index contributed by atoms with van der Waals surface area (Å²) in [7, 11) is 1.73. The number of amides is 1. The molecule has 10 nitrogen and oxygen atoms in total. The van der Waals surface area contributed by atoms with Crippen LogP contribution in [-0.2, 0) is 11.8 Å². The lowest BCUT2D eigenvalue weighted by atomic mass is 9.71. The number of aromatic nitrogens is 4. The highest BCUT2D eigenvalue weighted by Gasteiger charge is 2.52. The molecule has 2 aromatic heterocycles. The molecule has 208 valence electrons. The number of ether oxygens (including phenoxy) is 2. The normalized spacial score (nSPS) is 25.8. The minimum Gasteiger partial charge on any atom is -0.463 e. The fourth-order valence-corrected chi connectivity index (χ4v) is 6.44. The molecular formula is C29H32FN7O3. The molecule has 4 aromatic rings. The van der Waals surface area contributed by atoms with Crippen LogP contribution < -0.4 is 20.3 Å². The molecule has 5 heterocycles. The van der Waals surface area contributed by atoms with Gasteiger partial charge in [0.05, 0.1) is 30.4 Å². The Labute approximate surface area is 230 Å². The molecule has 3 aliphatic heterocycles. The minimum atomic E-state index is -0.498. The van der Waals surface area contributed by atoms with Crippen LogP contribution in [0, 0.1) is 11.2 Å². The van der Waals surface area contributed by atoms with Gasteiger partial charge in [0.1, 0.15) is 5.52 Å². The predicted molar refractivity (Wildman–Crippen MR) is 149 cm³/mol. The quantitative estimate of drug-likeness (QED) is 0.378. The number of nitrogens with one attached hydrogen (secondary N) is 2. The van der Waals surface area contributed by atoms with Crippen molar-refractivity contribution < 1.29 is 18.7 Å². The standard InChI is InChI=1S/C29H32FN7O3/c1-16-11-37(12-17(2)32-16)24-5-4-21(27(38)33-19-6-18-13-36(3)35-25(18)23(30)7-19)26-22(24)10-31-28(34-26)40-15-29-8-20(9-29)39-14-29/h4-7,10,13,16-17,20,32H,8-9,11-12,14-15H2,1-3H3,(H,33,38)/t16-,17-,20?,29?/m0/s1. The highest BCUT2D eigenvalue weighted by Crippen LogP contribution is 2.50. The van der Waals surface area contributed by atoms with Crippen molar-refractivity contribution in [2.24, 2.45) is 12.5 Å². The van der Waals surface area contributed by atoms with Gasteiger partial charge in [-0.25, -0.2) is 9.37 Å². The molecule has 11 heteroatoms. The van der Waals surface area contributed by atoms with Crippen LogP contribution in [0.5, 0.6) is 6.01 Å². The Morgan fingerprint density at radius 1 is 1.23 bits per heavy atom. The zero-order valence-electron chi connectivity index (χ0n) is 22.8. The van der Waals surface area contributed by atoms with Gasteiger partial charge in [0, 0.05) is 72.2 Å². The molecule has 2 aromatic carbocycles. The first-order valence-corrected chi connectivity index (χ1v) is 13.7. The fourth-order valence-electron chi connectivity index (χ4n) is 6.44. The summed E-state index contributed by atoms with van der Waals surface area (Å²) in [5, 5.41) is 11.9. The number of nitrogens with zero attached hydrogens (tertiary/aromatic N) is 5. The summed E-state index contributed by atoms with van der Waals surface area (Å²) in [6.07, 6.45) is 5.79. The first kappa shape index (κ1) is 25.2. The summed E-state index contributed by atoms with van der Waals surface area (Å²) >= 11 is 0. The maximum atomic E-state index is 14.7. The zero-order chi connectivity index (χ0) is 27.6. The molecule has 3 saturated heterocycles. The third kappa shape index (κ3) is 4.43. The van der Waals surface area contributed by atoms with Crippen LogP contribution in [0.25, 0.3) is 21.8 Å². The van der Waals surface area contributed by atoms with Crippen LogP contribution in [0.3, 0.4) is 0 Å². The smallest absolute Gasteiger partial charge is 0.316 e. The summed E-state index contributed by atoms with van der Waals surface area (Å²) in [5.41, 5.74) is 2.46. The largest absolute Gasteiger partial charge is 0.463 e. The van der Waals surface area contributed by atoms with Crippen LogP contribution in [0.15, 0.2) is 36.7 Å². The maximum Gasteiger partial charge on any atom is 0.316 e. The van der Waals surface area contributed by atoms with Crippen LogP contribution in [0.1, 0.15) is 37.0 Å². The van der Waals surface area contributed by atoms with E-state index in [4.69, 9.17) is 14.5 Å². The average molecular weight is 546 g/mol. The van der Waals surface area contributed by atoms with Gasteiger partial charge in [-0.2, -0.15) is 10.1 Å². The van der Waals surface area contributed by atoms with E-state index in [9.17, 15) is 9.18 Å². The highest BCUT2D eigenvalue weighted by atomic mass is 19.1. The molecule has 1 aliphatic carbocycles. The average Bonchev–Trinajstić information content (AvgIpc) is 3.60. The van der Waals surface area contributed by atoms with Gasteiger partial charge < -0.3 is 25.0 Å². The van der Waals surface area contributed by atoms with E-state index in [0.29, 0.717) is 53.6 Å². The molecule has 40 heavy (non-hydrogen) atoms. The minimum absolute atomic E-state index is 0.0348. The molecule has 2 atom stereocenters. The van der Waals surface area contributed by atoms with Gasteiger partial charge in [-0.05, 0) is 51.0 Å². The van der Waals surface area contributed by atoms with E-state index < -0.39 is 11.7 Å². The summed E-state index contributed by atoms with van der Waals surface area (Å²) in [4.78, 5) is 25.2. The lowest BCUT2D eigenvalue weighted by Crippen LogP contribution is -2.54. The first-order chi connectivity index (χ1) is 19.2. The molecule has 0 radical (unpaired) electrons. The van der Waals surface area contributed by atoms with E-state index in [1.165, 1.54) is 6.07 Å². The maximum absolute atomic E-state index is 14.7. The molecule has 4 fully saturated rings. The van der Waals surface area contributed by atoms with E-state index in [-0.39, 0.29) is 16.9 Å². The SMILES string of the molecule is C[C@H]1CN(c2ccc(C(=O)Nc3cc(F)c4nn(C)cc4c3)c3nc(OCC45COC(C4)C5)ncc23)C[C@H](C)N1. The Kier molecular flexibility index (Phi) is 5.90. The number of halogens is 1. The van der Waals surface area contributed by atoms with Crippen molar-refractivity contribution in [1.29, 1.82) is 0 Å². The molecule has 4 aliphatic rings. The number of carbonyl (C=O) groups is 1. The summed E-state index contributed by atoms with van der Waals surface area (Å²) < 4.78 is 28.0. The number of aryl methyl sites for hydroxylation is 1. The monoisotopic (exact) mass is 545 g/mol. The molecule has 0 spiro atoms. The van der Waals surface area contributed by atoms with Gasteiger partial charge in [-0.1, -0.05) is 0 Å². The van der Waals surface area contributed by atoms with Gasteiger partial charge >= 0.3 is 6.01 Å². The van der Waals surface area contributed by atoms with Crippen LogP contribution in [-0.4, -0.2) is 70.1 Å². The van der Waals surface area contributed by atoms with Crippen molar-refractivity contribution in [1.82, 2.24) is 25.1 Å². The van der Waals surface area contributed by atoms with Crippen LogP contribution >= 0.6 is 0 Å². The van der Waals surface area contributed by atoms with E-state index >= 15 is 0 Å². The Morgan fingerprint density at radius 2 is 2.02 bits per heavy atom. The van der Waals surface area contributed by atoms with E-state index in [2.05, 4.69) is 39.5 Å². The predicted octanol–water partition coefficient (Wildman–Crippen LogP) is 3.65. The number of hydrogen-bond donors (Lipinski definition) is 2. The first-order valence-electron chi connectivity index (χ1n) is 13.7. The van der Waals surface area contributed by atoms with Crippen molar-refractivity contribution in [2.75, 3.05) is 36.5 Å². The number of piperazine rings is 1. The number of carbonyl (C=O) groups excluding carboxylic acids is 1. The zero-order valence-corrected chi connectivity index (χ0v) is 22.8. The lowest BCUT2D eigenvalue weighted by molar-refractivity contribution is 0.0785. The van der Waals surface area contributed by atoms with Gasteiger partial charge in [0.25, 0.3) is 5.91 Å². The molecular weight excluding hydrogens is 513 g/mol. The Morgan fingerprint density at radius 3 is 2.77 bits per heavy atom. The molecule has 8 rings (SSSR count). The second-order valence-electron chi connectivity index (χ2n) is 11.7. The van der Waals surface area contributed by atoms with Crippen molar-refractivity contribution in [3.05, 3.63) is 48.0 Å². The van der Waals surface area contributed by atoms with Crippen LogP contribution in [0.2, 0.25) is 0 Å². The molecule has 2 bridgehead atoms. The van der Waals surface area contributed by atoms with Crippen molar-refractivity contribution in [3.63, 3.8) is 0 Å².